The average molecular weight is 240 g/mol. The van der Waals surface area contributed by atoms with Crippen LogP contribution in [0.1, 0.15) is 38.7 Å². The molecule has 0 bridgehead atoms. The molecule has 0 N–H and O–H groups in total. The van der Waals surface area contributed by atoms with Gasteiger partial charge in [-0.1, -0.05) is 56.3 Å². The van der Waals surface area contributed by atoms with E-state index < -0.39 is 0 Å². The number of Topliss-reactive ketones (excluding diaryl/α,β-unsaturated/α-hetero) is 1. The third-order valence-corrected chi connectivity index (χ3v) is 3.53. The van der Waals surface area contributed by atoms with Crippen LogP contribution in [0.2, 0.25) is 0 Å². The first kappa shape index (κ1) is 12.8. The van der Waals surface area contributed by atoms with Crippen LogP contribution < -0.4 is 0 Å². The predicted molar refractivity (Wildman–Crippen MR) is 76.8 cm³/mol. The zero-order valence-electron chi connectivity index (χ0n) is 11.3. The van der Waals surface area contributed by atoms with Crippen LogP contribution in [0.5, 0.6) is 0 Å². The van der Waals surface area contributed by atoms with Gasteiger partial charge in [0.25, 0.3) is 0 Å². The molecule has 0 unspecified atom stereocenters. The number of hydrogen-bond acceptors (Lipinski definition) is 1. The van der Waals surface area contributed by atoms with E-state index in [0.29, 0.717) is 18.3 Å². The summed E-state index contributed by atoms with van der Waals surface area (Å²) >= 11 is 0. The van der Waals surface area contributed by atoms with Crippen LogP contribution in [-0.4, -0.2) is 5.78 Å². The second-order valence-corrected chi connectivity index (χ2v) is 5.33. The Morgan fingerprint density at radius 1 is 1.06 bits per heavy atom. The number of ketones is 1. The smallest absolute Gasteiger partial charge is 0.130 e. The van der Waals surface area contributed by atoms with Crippen LogP contribution in [0.3, 0.4) is 0 Å². The van der Waals surface area contributed by atoms with Gasteiger partial charge in [-0.2, -0.15) is 0 Å². The van der Waals surface area contributed by atoms with Gasteiger partial charge in [-0.25, -0.2) is 0 Å². The Labute approximate surface area is 109 Å². The number of carbonyl (C=O) groups excluding carboxylic acids is 1. The Kier molecular flexibility index (Phi) is 3.81. The van der Waals surface area contributed by atoms with Crippen LogP contribution in [0.15, 0.2) is 42.5 Å². The minimum Gasteiger partial charge on any atom is -0.300 e. The van der Waals surface area contributed by atoms with E-state index in [1.807, 2.05) is 0 Å². The molecule has 1 atom stereocenters. The van der Waals surface area contributed by atoms with E-state index in [-0.39, 0.29) is 5.78 Å². The molecule has 0 aliphatic carbocycles. The minimum absolute atomic E-state index is 0.265. The molecule has 0 aliphatic rings. The lowest BCUT2D eigenvalue weighted by Gasteiger charge is -2.22. The molecule has 0 radical (unpaired) electrons. The Balaban J connectivity index is 2.53. The lowest BCUT2D eigenvalue weighted by molar-refractivity contribution is -0.117. The molecule has 2 aromatic carbocycles. The van der Waals surface area contributed by atoms with Crippen molar-refractivity contribution in [3.8, 4) is 0 Å². The molecular formula is C17H20O. The molecule has 0 amide bonds. The van der Waals surface area contributed by atoms with Gasteiger partial charge in [-0.3, -0.25) is 0 Å². The second-order valence-electron chi connectivity index (χ2n) is 5.33. The SMILES string of the molecule is CC(=O)C[C@@H](c1cccc2ccccc12)C(C)C. The molecule has 0 fully saturated rings. The highest BCUT2D eigenvalue weighted by molar-refractivity contribution is 5.87. The van der Waals surface area contributed by atoms with Gasteiger partial charge in [0.1, 0.15) is 5.78 Å². The van der Waals surface area contributed by atoms with Gasteiger partial charge in [0.2, 0.25) is 0 Å². The van der Waals surface area contributed by atoms with E-state index in [2.05, 4.69) is 56.3 Å². The molecule has 2 aromatic rings. The molecule has 0 aromatic heterocycles. The number of carbonyl (C=O) groups is 1. The lowest BCUT2D eigenvalue weighted by atomic mass is 9.82. The Morgan fingerprint density at radius 2 is 1.72 bits per heavy atom. The largest absolute Gasteiger partial charge is 0.300 e. The number of rotatable bonds is 4. The normalized spacial score (nSPS) is 12.9. The number of benzene rings is 2. The summed E-state index contributed by atoms with van der Waals surface area (Å²) in [7, 11) is 0. The maximum absolute atomic E-state index is 11.5. The van der Waals surface area contributed by atoms with Crippen molar-refractivity contribution in [3.05, 3.63) is 48.0 Å². The quantitative estimate of drug-likeness (QED) is 0.765. The zero-order valence-corrected chi connectivity index (χ0v) is 11.3. The molecular weight excluding hydrogens is 220 g/mol. The van der Waals surface area contributed by atoms with Crippen LogP contribution in [0, 0.1) is 5.92 Å². The fourth-order valence-corrected chi connectivity index (χ4v) is 2.59. The summed E-state index contributed by atoms with van der Waals surface area (Å²) in [6.07, 6.45) is 0.631. The topological polar surface area (TPSA) is 17.1 Å². The van der Waals surface area contributed by atoms with E-state index in [1.54, 1.807) is 6.92 Å². The van der Waals surface area contributed by atoms with Gasteiger partial charge in [0, 0.05) is 6.42 Å². The van der Waals surface area contributed by atoms with E-state index in [1.165, 1.54) is 16.3 Å². The van der Waals surface area contributed by atoms with Crippen molar-refractivity contribution in [1.82, 2.24) is 0 Å². The summed E-state index contributed by atoms with van der Waals surface area (Å²) in [4.78, 5) is 11.5. The summed E-state index contributed by atoms with van der Waals surface area (Å²) in [6, 6.07) is 14.8. The first-order valence-electron chi connectivity index (χ1n) is 6.56. The highest BCUT2D eigenvalue weighted by atomic mass is 16.1. The first-order valence-corrected chi connectivity index (χ1v) is 6.56. The van der Waals surface area contributed by atoms with Gasteiger partial charge in [-0.15, -0.1) is 0 Å². The van der Waals surface area contributed by atoms with Gasteiger partial charge < -0.3 is 4.79 Å². The predicted octanol–water partition coefficient (Wildman–Crippen LogP) is 4.56. The van der Waals surface area contributed by atoms with Crippen molar-refractivity contribution in [2.24, 2.45) is 5.92 Å². The molecule has 0 spiro atoms. The summed E-state index contributed by atoms with van der Waals surface area (Å²) in [5, 5.41) is 2.53. The number of fused-ring (bicyclic) bond motifs is 1. The molecule has 0 aliphatic heterocycles. The van der Waals surface area contributed by atoms with Crippen LogP contribution in [0.25, 0.3) is 10.8 Å². The van der Waals surface area contributed by atoms with Crippen LogP contribution in [0.4, 0.5) is 0 Å². The first-order chi connectivity index (χ1) is 8.59. The molecule has 0 saturated carbocycles. The monoisotopic (exact) mass is 240 g/mol. The van der Waals surface area contributed by atoms with E-state index in [4.69, 9.17) is 0 Å². The van der Waals surface area contributed by atoms with Gasteiger partial charge >= 0.3 is 0 Å². The van der Waals surface area contributed by atoms with E-state index in [0.717, 1.165) is 0 Å². The zero-order chi connectivity index (χ0) is 13.1. The maximum Gasteiger partial charge on any atom is 0.130 e. The highest BCUT2D eigenvalue weighted by Gasteiger charge is 2.19. The Bertz CT molecular complexity index is 549. The maximum atomic E-state index is 11.5. The Morgan fingerprint density at radius 3 is 2.39 bits per heavy atom. The fraction of sp³-hybridized carbons (Fsp3) is 0.353. The summed E-state index contributed by atoms with van der Waals surface area (Å²) in [5.74, 6) is 1.05. The summed E-state index contributed by atoms with van der Waals surface area (Å²) in [5.41, 5.74) is 1.30. The van der Waals surface area contributed by atoms with Crippen LogP contribution >= 0.6 is 0 Å². The van der Waals surface area contributed by atoms with E-state index in [9.17, 15) is 4.79 Å². The standard InChI is InChI=1S/C17H20O/c1-12(2)17(11-13(3)18)16-10-6-8-14-7-4-5-9-15(14)16/h4-10,12,17H,11H2,1-3H3/t17-/m1/s1. The molecule has 94 valence electrons. The molecule has 18 heavy (non-hydrogen) atoms. The van der Waals surface area contributed by atoms with Crippen molar-refractivity contribution in [1.29, 1.82) is 0 Å². The van der Waals surface area contributed by atoms with Gasteiger partial charge in [-0.05, 0) is 35.1 Å². The molecule has 0 heterocycles. The molecule has 2 rings (SSSR count). The third kappa shape index (κ3) is 2.61. The average Bonchev–Trinajstić information content (AvgIpc) is 2.35. The van der Waals surface area contributed by atoms with E-state index >= 15 is 0 Å². The Hall–Kier alpha value is -1.63. The van der Waals surface area contributed by atoms with Gasteiger partial charge in [0.05, 0.1) is 0 Å². The summed E-state index contributed by atoms with van der Waals surface area (Å²) in [6.45, 7) is 6.06. The fourth-order valence-electron chi connectivity index (χ4n) is 2.59. The number of hydrogen-bond donors (Lipinski definition) is 0. The van der Waals surface area contributed by atoms with Crippen molar-refractivity contribution in [2.45, 2.75) is 33.1 Å². The van der Waals surface area contributed by atoms with Crippen molar-refractivity contribution in [3.63, 3.8) is 0 Å². The highest BCUT2D eigenvalue weighted by Crippen LogP contribution is 2.33. The van der Waals surface area contributed by atoms with Crippen molar-refractivity contribution >= 4 is 16.6 Å². The molecule has 1 heteroatoms. The van der Waals surface area contributed by atoms with Crippen molar-refractivity contribution < 1.29 is 4.79 Å². The third-order valence-electron chi connectivity index (χ3n) is 3.53. The molecule has 0 saturated heterocycles. The van der Waals surface area contributed by atoms with Crippen LogP contribution in [-0.2, 0) is 4.79 Å². The summed E-state index contributed by atoms with van der Waals surface area (Å²) < 4.78 is 0. The minimum atomic E-state index is 0.265. The lowest BCUT2D eigenvalue weighted by Crippen LogP contribution is -2.11. The van der Waals surface area contributed by atoms with Crippen molar-refractivity contribution in [2.75, 3.05) is 0 Å². The van der Waals surface area contributed by atoms with Gasteiger partial charge in [0.15, 0.2) is 0 Å². The molecule has 1 nitrogen and oxygen atoms in total. The second kappa shape index (κ2) is 5.34.